The Morgan fingerprint density at radius 2 is 1.72 bits per heavy atom. The summed E-state index contributed by atoms with van der Waals surface area (Å²) in [6, 6.07) is 8.24. The average Bonchev–Trinajstić information content (AvgIpc) is 2.35. The van der Waals surface area contributed by atoms with E-state index in [0.717, 1.165) is 18.6 Å². The molecule has 0 spiro atoms. The number of benzene rings is 1. The Kier molecular flexibility index (Phi) is 3.67. The van der Waals surface area contributed by atoms with Crippen LogP contribution >= 0.6 is 0 Å². The monoisotopic (exact) mass is 247 g/mol. The zero-order valence-electron chi connectivity index (χ0n) is 11.8. The van der Waals surface area contributed by atoms with Gasteiger partial charge in [-0.1, -0.05) is 32.0 Å². The minimum Gasteiger partial charge on any atom is -0.494 e. The molecule has 18 heavy (non-hydrogen) atoms. The lowest BCUT2D eigenvalue weighted by molar-refractivity contribution is 0.162. The van der Waals surface area contributed by atoms with Crippen LogP contribution in [0.15, 0.2) is 24.3 Å². The normalized spacial score (nSPS) is 21.6. The van der Waals surface area contributed by atoms with Crippen LogP contribution in [-0.2, 0) is 5.54 Å². The van der Waals surface area contributed by atoms with Crippen molar-refractivity contribution < 1.29 is 4.74 Å². The summed E-state index contributed by atoms with van der Waals surface area (Å²) in [7, 11) is 0. The van der Waals surface area contributed by atoms with Crippen LogP contribution < -0.4 is 10.5 Å². The Morgan fingerprint density at radius 1 is 1.11 bits per heavy atom. The van der Waals surface area contributed by atoms with Gasteiger partial charge in [0.2, 0.25) is 0 Å². The highest BCUT2D eigenvalue weighted by atomic mass is 16.5. The molecule has 100 valence electrons. The Morgan fingerprint density at radius 3 is 2.33 bits per heavy atom. The van der Waals surface area contributed by atoms with Crippen molar-refractivity contribution in [3.05, 3.63) is 29.8 Å². The smallest absolute Gasteiger partial charge is 0.124 e. The van der Waals surface area contributed by atoms with Gasteiger partial charge < -0.3 is 10.5 Å². The first-order valence-corrected chi connectivity index (χ1v) is 6.98. The van der Waals surface area contributed by atoms with Crippen molar-refractivity contribution in [1.82, 2.24) is 0 Å². The van der Waals surface area contributed by atoms with Gasteiger partial charge in [-0.2, -0.15) is 0 Å². The van der Waals surface area contributed by atoms with Gasteiger partial charge in [0, 0.05) is 11.1 Å². The third-order valence-corrected chi connectivity index (χ3v) is 4.22. The second kappa shape index (κ2) is 4.93. The van der Waals surface area contributed by atoms with E-state index >= 15 is 0 Å². The van der Waals surface area contributed by atoms with E-state index in [9.17, 15) is 0 Å². The Labute approximate surface area is 111 Å². The lowest BCUT2D eigenvalue weighted by Crippen LogP contribution is -2.42. The zero-order valence-corrected chi connectivity index (χ0v) is 11.8. The summed E-state index contributed by atoms with van der Waals surface area (Å²) in [6.07, 6.45) is 4.46. The van der Waals surface area contributed by atoms with Gasteiger partial charge in [-0.05, 0) is 44.1 Å². The van der Waals surface area contributed by atoms with Crippen LogP contribution in [0.25, 0.3) is 0 Å². The van der Waals surface area contributed by atoms with E-state index in [1.807, 2.05) is 19.1 Å². The average molecular weight is 247 g/mol. The topological polar surface area (TPSA) is 35.2 Å². The molecular weight excluding hydrogens is 222 g/mol. The van der Waals surface area contributed by atoms with Gasteiger partial charge in [0.1, 0.15) is 5.75 Å². The van der Waals surface area contributed by atoms with E-state index in [2.05, 4.69) is 26.0 Å². The van der Waals surface area contributed by atoms with Crippen LogP contribution in [0.4, 0.5) is 0 Å². The number of hydrogen-bond acceptors (Lipinski definition) is 2. The molecule has 0 radical (unpaired) electrons. The standard InChI is InChI=1S/C16H25NO/c1-4-18-14-8-6-5-7-13(14)16(17)11-9-15(2,3)10-12-16/h5-8H,4,9-12,17H2,1-3H3. The minimum atomic E-state index is -0.207. The zero-order chi connectivity index (χ0) is 13.2. The van der Waals surface area contributed by atoms with E-state index < -0.39 is 0 Å². The molecule has 1 fully saturated rings. The summed E-state index contributed by atoms with van der Waals surface area (Å²) in [5.74, 6) is 0.960. The van der Waals surface area contributed by atoms with Gasteiger partial charge in [0.25, 0.3) is 0 Å². The van der Waals surface area contributed by atoms with Gasteiger partial charge in [-0.3, -0.25) is 0 Å². The van der Waals surface area contributed by atoms with Crippen LogP contribution in [0.1, 0.15) is 52.0 Å². The van der Waals surface area contributed by atoms with Crippen molar-refractivity contribution in [2.75, 3.05) is 6.61 Å². The van der Waals surface area contributed by atoms with E-state index in [1.54, 1.807) is 0 Å². The largest absolute Gasteiger partial charge is 0.494 e. The summed E-state index contributed by atoms with van der Waals surface area (Å²) >= 11 is 0. The maximum absolute atomic E-state index is 6.65. The highest BCUT2D eigenvalue weighted by Gasteiger charge is 2.38. The SMILES string of the molecule is CCOc1ccccc1C1(N)CCC(C)(C)CC1. The molecule has 1 saturated carbocycles. The van der Waals surface area contributed by atoms with Crippen molar-refractivity contribution in [2.45, 2.75) is 52.0 Å². The number of ether oxygens (including phenoxy) is 1. The van der Waals surface area contributed by atoms with Crippen molar-refractivity contribution in [2.24, 2.45) is 11.1 Å². The maximum atomic E-state index is 6.65. The first-order chi connectivity index (χ1) is 8.47. The molecule has 0 amide bonds. The highest BCUT2D eigenvalue weighted by molar-refractivity contribution is 5.39. The number of nitrogens with two attached hydrogens (primary N) is 1. The molecule has 0 saturated heterocycles. The first kappa shape index (κ1) is 13.4. The number of para-hydroxylation sites is 1. The summed E-state index contributed by atoms with van der Waals surface area (Å²) in [5.41, 5.74) is 8.06. The van der Waals surface area contributed by atoms with Crippen LogP contribution in [0, 0.1) is 5.41 Å². The third-order valence-electron chi connectivity index (χ3n) is 4.22. The van der Waals surface area contributed by atoms with Gasteiger partial charge in [0.05, 0.1) is 6.61 Å². The maximum Gasteiger partial charge on any atom is 0.124 e. The Hall–Kier alpha value is -1.02. The van der Waals surface area contributed by atoms with E-state index in [0.29, 0.717) is 12.0 Å². The Bertz CT molecular complexity index is 401. The molecule has 1 aromatic carbocycles. The lowest BCUT2D eigenvalue weighted by atomic mass is 9.67. The van der Waals surface area contributed by atoms with Crippen molar-refractivity contribution in [3.8, 4) is 5.75 Å². The van der Waals surface area contributed by atoms with E-state index in [4.69, 9.17) is 10.5 Å². The number of rotatable bonds is 3. The predicted octanol–water partition coefficient (Wildman–Crippen LogP) is 3.84. The van der Waals surface area contributed by atoms with Crippen molar-refractivity contribution in [3.63, 3.8) is 0 Å². The van der Waals surface area contributed by atoms with Crippen LogP contribution in [-0.4, -0.2) is 6.61 Å². The highest BCUT2D eigenvalue weighted by Crippen LogP contribution is 2.45. The van der Waals surface area contributed by atoms with Gasteiger partial charge in [-0.15, -0.1) is 0 Å². The van der Waals surface area contributed by atoms with Gasteiger partial charge in [0.15, 0.2) is 0 Å². The minimum absolute atomic E-state index is 0.207. The van der Waals surface area contributed by atoms with Crippen LogP contribution in [0.3, 0.4) is 0 Å². The van der Waals surface area contributed by atoms with Gasteiger partial charge in [-0.25, -0.2) is 0 Å². The van der Waals surface area contributed by atoms with E-state index in [1.165, 1.54) is 18.4 Å². The first-order valence-electron chi connectivity index (χ1n) is 6.98. The van der Waals surface area contributed by atoms with Crippen LogP contribution in [0.5, 0.6) is 5.75 Å². The fourth-order valence-electron chi connectivity index (χ4n) is 2.80. The van der Waals surface area contributed by atoms with Crippen molar-refractivity contribution >= 4 is 0 Å². The summed E-state index contributed by atoms with van der Waals surface area (Å²) in [5, 5.41) is 0. The van der Waals surface area contributed by atoms with E-state index in [-0.39, 0.29) is 5.54 Å². The molecular formula is C16H25NO. The summed E-state index contributed by atoms with van der Waals surface area (Å²) < 4.78 is 5.73. The summed E-state index contributed by atoms with van der Waals surface area (Å²) in [6.45, 7) is 7.38. The fourth-order valence-corrected chi connectivity index (χ4v) is 2.80. The molecule has 0 aliphatic heterocycles. The molecule has 1 aliphatic carbocycles. The molecule has 2 rings (SSSR count). The third kappa shape index (κ3) is 2.69. The second-order valence-electron chi connectivity index (χ2n) is 6.25. The lowest BCUT2D eigenvalue weighted by Gasteiger charge is -2.42. The predicted molar refractivity (Wildman–Crippen MR) is 75.7 cm³/mol. The second-order valence-corrected chi connectivity index (χ2v) is 6.25. The molecule has 2 nitrogen and oxygen atoms in total. The molecule has 2 heteroatoms. The molecule has 0 aromatic heterocycles. The summed E-state index contributed by atoms with van der Waals surface area (Å²) in [4.78, 5) is 0. The molecule has 0 bridgehead atoms. The molecule has 2 N–H and O–H groups in total. The fraction of sp³-hybridized carbons (Fsp3) is 0.625. The van der Waals surface area contributed by atoms with Gasteiger partial charge >= 0.3 is 0 Å². The molecule has 0 heterocycles. The molecule has 1 aromatic rings. The molecule has 1 aliphatic rings. The quantitative estimate of drug-likeness (QED) is 0.880. The van der Waals surface area contributed by atoms with Crippen LogP contribution in [0.2, 0.25) is 0 Å². The molecule has 0 unspecified atom stereocenters. The molecule has 0 atom stereocenters. The Balaban J connectivity index is 2.25. The number of hydrogen-bond donors (Lipinski definition) is 1. The van der Waals surface area contributed by atoms with Crippen molar-refractivity contribution in [1.29, 1.82) is 0 Å².